The van der Waals surface area contributed by atoms with E-state index >= 15 is 0 Å². The van der Waals surface area contributed by atoms with Crippen LogP contribution in [0.2, 0.25) is 0 Å². The van der Waals surface area contributed by atoms with E-state index in [0.29, 0.717) is 18.8 Å². The minimum atomic E-state index is -0.164. The summed E-state index contributed by atoms with van der Waals surface area (Å²) in [4.78, 5) is 16.8. The van der Waals surface area contributed by atoms with E-state index in [1.807, 2.05) is 19.1 Å². The molecule has 0 saturated carbocycles. The second kappa shape index (κ2) is 12.4. The predicted octanol–water partition coefficient (Wildman–Crippen LogP) is 5.50. The normalized spacial score (nSPS) is 15.6. The Morgan fingerprint density at radius 1 is 0.784 bits per heavy atom. The van der Waals surface area contributed by atoms with Gasteiger partial charge in [0.25, 0.3) is 0 Å². The standard InChI is InChI=1S/C32H48N2O3/c1-8-37-29(35)23-25-11-9-24(10-12-25)13-15-33-17-19-34(20-18-33)16-14-26-21-27(31(2,3)4)30(36)28(22-26)32(5,6)7/h9-12,21-22,36H,8,13-20,23H2,1-7H3. The first-order valence-corrected chi connectivity index (χ1v) is 13.9. The Bertz CT molecular complexity index is 988. The molecule has 0 spiro atoms. The molecule has 1 fully saturated rings. The number of phenols is 1. The fourth-order valence-corrected chi connectivity index (χ4v) is 5.00. The quantitative estimate of drug-likeness (QED) is 0.454. The number of phenolic OH excluding ortho intramolecular Hbond substituents is 1. The molecule has 0 bridgehead atoms. The average Bonchev–Trinajstić information content (AvgIpc) is 2.82. The molecule has 204 valence electrons. The zero-order valence-corrected chi connectivity index (χ0v) is 24.2. The summed E-state index contributed by atoms with van der Waals surface area (Å²) in [5.74, 6) is 0.300. The first kappa shape index (κ1) is 29.2. The zero-order valence-electron chi connectivity index (χ0n) is 24.2. The van der Waals surface area contributed by atoms with Crippen molar-refractivity contribution in [2.45, 2.75) is 78.6 Å². The summed E-state index contributed by atoms with van der Waals surface area (Å²) in [5, 5.41) is 11.0. The third-order valence-corrected chi connectivity index (χ3v) is 7.36. The van der Waals surface area contributed by atoms with Crippen molar-refractivity contribution in [3.8, 4) is 5.75 Å². The van der Waals surface area contributed by atoms with Crippen LogP contribution in [0.25, 0.3) is 0 Å². The maximum Gasteiger partial charge on any atom is 0.310 e. The third kappa shape index (κ3) is 8.58. The van der Waals surface area contributed by atoms with Gasteiger partial charge in [0.1, 0.15) is 5.75 Å². The fraction of sp³-hybridized carbons (Fsp3) is 0.594. The number of carbonyl (C=O) groups is 1. The van der Waals surface area contributed by atoms with Gasteiger partial charge in [-0.1, -0.05) is 77.9 Å². The van der Waals surface area contributed by atoms with Crippen LogP contribution in [0.5, 0.6) is 5.75 Å². The molecular weight excluding hydrogens is 460 g/mol. The van der Waals surface area contributed by atoms with Crippen LogP contribution in [0.1, 0.15) is 76.3 Å². The maximum absolute atomic E-state index is 11.7. The molecule has 37 heavy (non-hydrogen) atoms. The number of aromatic hydroxyl groups is 1. The lowest BCUT2D eigenvalue weighted by molar-refractivity contribution is -0.142. The molecule has 5 heteroatoms. The number of hydrogen-bond donors (Lipinski definition) is 1. The van der Waals surface area contributed by atoms with Crippen molar-refractivity contribution in [2.75, 3.05) is 45.9 Å². The molecule has 5 nitrogen and oxygen atoms in total. The summed E-state index contributed by atoms with van der Waals surface area (Å²) in [6.45, 7) is 21.8. The molecule has 2 aromatic carbocycles. The summed E-state index contributed by atoms with van der Waals surface area (Å²) in [7, 11) is 0. The molecule has 3 rings (SSSR count). The largest absolute Gasteiger partial charge is 0.507 e. The van der Waals surface area contributed by atoms with Gasteiger partial charge < -0.3 is 19.6 Å². The summed E-state index contributed by atoms with van der Waals surface area (Å²) >= 11 is 0. The van der Waals surface area contributed by atoms with Gasteiger partial charge in [0.05, 0.1) is 13.0 Å². The number of hydrogen-bond acceptors (Lipinski definition) is 5. The lowest BCUT2D eigenvalue weighted by atomic mass is 9.78. The second-order valence-electron chi connectivity index (χ2n) is 12.5. The molecule has 1 aliphatic heterocycles. The lowest BCUT2D eigenvalue weighted by Gasteiger charge is -2.35. The van der Waals surface area contributed by atoms with Gasteiger partial charge in [-0.3, -0.25) is 4.79 Å². The van der Waals surface area contributed by atoms with Gasteiger partial charge >= 0.3 is 5.97 Å². The van der Waals surface area contributed by atoms with Gasteiger partial charge in [0.15, 0.2) is 0 Å². The van der Waals surface area contributed by atoms with Crippen molar-refractivity contribution in [3.63, 3.8) is 0 Å². The molecule has 1 N–H and O–H groups in total. The van der Waals surface area contributed by atoms with E-state index in [2.05, 4.69) is 75.6 Å². The highest BCUT2D eigenvalue weighted by molar-refractivity contribution is 5.72. The number of carbonyl (C=O) groups excluding carboxylic acids is 1. The smallest absolute Gasteiger partial charge is 0.310 e. The highest BCUT2D eigenvalue weighted by atomic mass is 16.5. The molecule has 0 unspecified atom stereocenters. The molecule has 1 saturated heterocycles. The molecule has 0 amide bonds. The topological polar surface area (TPSA) is 53.0 Å². The fourth-order valence-electron chi connectivity index (χ4n) is 5.00. The summed E-state index contributed by atoms with van der Waals surface area (Å²) in [6.07, 6.45) is 2.37. The first-order chi connectivity index (χ1) is 17.4. The molecule has 1 heterocycles. The van der Waals surface area contributed by atoms with E-state index < -0.39 is 0 Å². The van der Waals surface area contributed by atoms with Crippen molar-refractivity contribution in [3.05, 3.63) is 64.2 Å². The number of benzene rings is 2. The molecule has 0 atom stereocenters. The number of ether oxygens (including phenoxy) is 1. The van der Waals surface area contributed by atoms with Crippen LogP contribution in [-0.2, 0) is 39.6 Å². The first-order valence-electron chi connectivity index (χ1n) is 13.9. The monoisotopic (exact) mass is 508 g/mol. The number of nitrogens with zero attached hydrogens (tertiary/aromatic N) is 2. The van der Waals surface area contributed by atoms with Crippen LogP contribution in [0.3, 0.4) is 0 Å². The van der Waals surface area contributed by atoms with Crippen LogP contribution >= 0.6 is 0 Å². The van der Waals surface area contributed by atoms with Crippen molar-refractivity contribution >= 4 is 5.97 Å². The Morgan fingerprint density at radius 3 is 1.65 bits per heavy atom. The van der Waals surface area contributed by atoms with Crippen LogP contribution in [0.4, 0.5) is 0 Å². The van der Waals surface area contributed by atoms with E-state index in [-0.39, 0.29) is 16.8 Å². The van der Waals surface area contributed by atoms with Crippen molar-refractivity contribution in [1.29, 1.82) is 0 Å². The van der Waals surface area contributed by atoms with Crippen molar-refractivity contribution in [2.24, 2.45) is 0 Å². The van der Waals surface area contributed by atoms with Crippen LogP contribution in [0.15, 0.2) is 36.4 Å². The predicted molar refractivity (Wildman–Crippen MR) is 153 cm³/mol. The van der Waals surface area contributed by atoms with E-state index in [4.69, 9.17) is 4.74 Å². The third-order valence-electron chi connectivity index (χ3n) is 7.36. The Balaban J connectivity index is 1.48. The van der Waals surface area contributed by atoms with Gasteiger partial charge in [0.2, 0.25) is 0 Å². The SMILES string of the molecule is CCOC(=O)Cc1ccc(CCN2CCN(CCc3cc(C(C)(C)C)c(O)c(C(C)(C)C)c3)CC2)cc1. The van der Waals surface area contributed by atoms with E-state index in [0.717, 1.165) is 68.8 Å². The molecule has 0 radical (unpaired) electrons. The lowest BCUT2D eigenvalue weighted by Crippen LogP contribution is -2.47. The Kier molecular flexibility index (Phi) is 9.82. The summed E-state index contributed by atoms with van der Waals surface area (Å²) in [6, 6.07) is 12.8. The van der Waals surface area contributed by atoms with Crippen LogP contribution in [0, 0.1) is 0 Å². The van der Waals surface area contributed by atoms with Gasteiger partial charge in [-0.25, -0.2) is 0 Å². The Labute approximate surface area is 224 Å². The maximum atomic E-state index is 11.7. The van der Waals surface area contributed by atoms with Crippen molar-refractivity contribution in [1.82, 2.24) is 9.80 Å². The second-order valence-corrected chi connectivity index (χ2v) is 12.5. The van der Waals surface area contributed by atoms with E-state index in [9.17, 15) is 9.90 Å². The molecule has 2 aromatic rings. The highest BCUT2D eigenvalue weighted by Crippen LogP contribution is 2.39. The Morgan fingerprint density at radius 2 is 1.22 bits per heavy atom. The number of piperazine rings is 1. The van der Waals surface area contributed by atoms with E-state index in [1.54, 1.807) is 0 Å². The number of esters is 1. The van der Waals surface area contributed by atoms with Crippen LogP contribution in [-0.4, -0.2) is 66.8 Å². The summed E-state index contributed by atoms with van der Waals surface area (Å²) < 4.78 is 5.04. The molecule has 0 aromatic heterocycles. The van der Waals surface area contributed by atoms with E-state index in [1.165, 1.54) is 11.1 Å². The molecular formula is C32H48N2O3. The summed E-state index contributed by atoms with van der Waals surface area (Å²) in [5.41, 5.74) is 5.56. The van der Waals surface area contributed by atoms with Gasteiger partial charge in [-0.05, 0) is 58.4 Å². The highest BCUT2D eigenvalue weighted by Gasteiger charge is 2.26. The number of rotatable bonds is 9. The molecule has 0 aliphatic carbocycles. The average molecular weight is 509 g/mol. The Hall–Kier alpha value is -2.37. The minimum absolute atomic E-state index is 0.0903. The van der Waals surface area contributed by atoms with Gasteiger partial charge in [-0.15, -0.1) is 0 Å². The van der Waals surface area contributed by atoms with Gasteiger partial charge in [0, 0.05) is 39.3 Å². The van der Waals surface area contributed by atoms with Crippen molar-refractivity contribution < 1.29 is 14.6 Å². The zero-order chi connectivity index (χ0) is 27.2. The van der Waals surface area contributed by atoms with Crippen LogP contribution < -0.4 is 0 Å². The molecule has 1 aliphatic rings. The van der Waals surface area contributed by atoms with Gasteiger partial charge in [-0.2, -0.15) is 0 Å². The minimum Gasteiger partial charge on any atom is -0.507 e.